The van der Waals surface area contributed by atoms with Crippen molar-refractivity contribution in [1.29, 1.82) is 0 Å². The van der Waals surface area contributed by atoms with E-state index in [9.17, 15) is 9.59 Å². The van der Waals surface area contributed by atoms with Gasteiger partial charge in [0, 0.05) is 12.8 Å². The van der Waals surface area contributed by atoms with E-state index in [0.717, 1.165) is 18.8 Å². The zero-order valence-corrected chi connectivity index (χ0v) is 14.0. The van der Waals surface area contributed by atoms with E-state index in [1.54, 1.807) is 0 Å². The lowest BCUT2D eigenvalue weighted by Crippen LogP contribution is -2.06. The summed E-state index contributed by atoms with van der Waals surface area (Å²) in [5.41, 5.74) is 0. The molecule has 4 nitrogen and oxygen atoms in total. The van der Waals surface area contributed by atoms with Gasteiger partial charge in [0.2, 0.25) is 0 Å². The van der Waals surface area contributed by atoms with Crippen LogP contribution in [-0.2, 0) is 19.1 Å². The second-order valence-electron chi connectivity index (χ2n) is 5.95. The highest BCUT2D eigenvalue weighted by Crippen LogP contribution is 2.10. The van der Waals surface area contributed by atoms with Crippen molar-refractivity contribution in [2.24, 2.45) is 5.92 Å². The minimum atomic E-state index is -0.221. The van der Waals surface area contributed by atoms with Crippen molar-refractivity contribution >= 4 is 11.9 Å². The van der Waals surface area contributed by atoms with Gasteiger partial charge in [0.25, 0.3) is 0 Å². The fourth-order valence-electron chi connectivity index (χ4n) is 2.08. The maximum Gasteiger partial charge on any atom is 0.305 e. The molecule has 0 spiro atoms. The monoisotopic (exact) mass is 300 g/mol. The molecule has 124 valence electrons. The molecule has 0 amide bonds. The van der Waals surface area contributed by atoms with Crippen molar-refractivity contribution in [2.75, 3.05) is 13.7 Å². The topological polar surface area (TPSA) is 52.6 Å². The lowest BCUT2D eigenvalue weighted by molar-refractivity contribution is -0.145. The molecular weight excluding hydrogens is 268 g/mol. The van der Waals surface area contributed by atoms with E-state index in [4.69, 9.17) is 4.74 Å². The molecule has 0 radical (unpaired) electrons. The van der Waals surface area contributed by atoms with E-state index in [0.29, 0.717) is 32.3 Å². The van der Waals surface area contributed by atoms with Crippen molar-refractivity contribution < 1.29 is 19.1 Å². The first kappa shape index (κ1) is 19.9. The lowest BCUT2D eigenvalue weighted by Gasteiger charge is -2.06. The third-order valence-electron chi connectivity index (χ3n) is 3.43. The molecule has 0 unspecified atom stereocenters. The summed E-state index contributed by atoms with van der Waals surface area (Å²) in [4.78, 5) is 22.3. The quantitative estimate of drug-likeness (QED) is 0.377. The highest BCUT2D eigenvalue weighted by atomic mass is 16.5. The zero-order valence-electron chi connectivity index (χ0n) is 14.0. The molecule has 0 aliphatic carbocycles. The molecule has 0 aliphatic rings. The molecule has 0 heterocycles. The van der Waals surface area contributed by atoms with Crippen LogP contribution in [0.1, 0.15) is 78.1 Å². The van der Waals surface area contributed by atoms with Gasteiger partial charge in [-0.1, -0.05) is 46.0 Å². The van der Waals surface area contributed by atoms with E-state index in [-0.39, 0.29) is 11.9 Å². The van der Waals surface area contributed by atoms with Crippen molar-refractivity contribution in [1.82, 2.24) is 0 Å². The maximum atomic E-state index is 11.4. The number of hydrogen-bond donors (Lipinski definition) is 0. The summed E-state index contributed by atoms with van der Waals surface area (Å²) in [7, 11) is 1.37. The summed E-state index contributed by atoms with van der Waals surface area (Å²) in [5, 5.41) is 0. The predicted octanol–water partition coefficient (Wildman–Crippen LogP) is 4.26. The van der Waals surface area contributed by atoms with Crippen LogP contribution < -0.4 is 0 Å². The van der Waals surface area contributed by atoms with Gasteiger partial charge < -0.3 is 9.47 Å². The van der Waals surface area contributed by atoms with Gasteiger partial charge in [-0.2, -0.15) is 0 Å². The van der Waals surface area contributed by atoms with Crippen LogP contribution in [0.4, 0.5) is 0 Å². The Morgan fingerprint density at radius 1 is 0.810 bits per heavy atom. The van der Waals surface area contributed by atoms with Gasteiger partial charge >= 0.3 is 11.9 Å². The van der Waals surface area contributed by atoms with Crippen LogP contribution in [-0.4, -0.2) is 25.7 Å². The van der Waals surface area contributed by atoms with Gasteiger partial charge in [0.05, 0.1) is 13.7 Å². The maximum absolute atomic E-state index is 11.4. The largest absolute Gasteiger partial charge is 0.469 e. The van der Waals surface area contributed by atoms with Crippen LogP contribution in [0.25, 0.3) is 0 Å². The molecule has 4 heteroatoms. The van der Waals surface area contributed by atoms with Gasteiger partial charge in [0.15, 0.2) is 0 Å². The van der Waals surface area contributed by atoms with E-state index < -0.39 is 0 Å². The van der Waals surface area contributed by atoms with Crippen LogP contribution in [0.3, 0.4) is 0 Å². The van der Waals surface area contributed by atoms with Crippen LogP contribution >= 0.6 is 0 Å². The van der Waals surface area contributed by atoms with Gasteiger partial charge in [-0.25, -0.2) is 0 Å². The normalized spacial score (nSPS) is 10.7. The average Bonchev–Trinajstić information content (AvgIpc) is 2.45. The predicted molar refractivity (Wildman–Crippen MR) is 84.0 cm³/mol. The number of methoxy groups -OCH3 is 1. The SMILES string of the molecule is COC(=O)CCCCC(=O)OCCCCCCCC(C)C. The molecule has 21 heavy (non-hydrogen) atoms. The molecule has 0 aromatic carbocycles. The Morgan fingerprint density at radius 2 is 1.38 bits per heavy atom. The molecule has 0 bridgehead atoms. The molecule has 0 saturated heterocycles. The third-order valence-corrected chi connectivity index (χ3v) is 3.43. The fraction of sp³-hybridized carbons (Fsp3) is 0.882. The zero-order chi connectivity index (χ0) is 15.9. The number of carbonyl (C=O) groups excluding carboxylic acids is 2. The van der Waals surface area contributed by atoms with Crippen LogP contribution in [0.5, 0.6) is 0 Å². The summed E-state index contributed by atoms with van der Waals surface area (Å²) < 4.78 is 9.70. The number of unbranched alkanes of at least 4 members (excludes halogenated alkanes) is 5. The average molecular weight is 300 g/mol. The first-order valence-electron chi connectivity index (χ1n) is 8.28. The standard InChI is InChI=1S/C17H32O4/c1-15(2)11-7-5-4-6-10-14-21-17(19)13-9-8-12-16(18)20-3/h15H,4-14H2,1-3H3. The number of esters is 2. The smallest absolute Gasteiger partial charge is 0.305 e. The molecule has 0 saturated carbocycles. The second-order valence-corrected chi connectivity index (χ2v) is 5.95. The number of ether oxygens (including phenoxy) is 2. The molecule has 0 aromatic rings. The molecule has 0 N–H and O–H groups in total. The van der Waals surface area contributed by atoms with E-state index >= 15 is 0 Å². The van der Waals surface area contributed by atoms with Gasteiger partial charge in [-0.05, 0) is 25.2 Å². The van der Waals surface area contributed by atoms with E-state index in [1.807, 2.05) is 0 Å². The molecule has 0 atom stereocenters. The molecule has 0 aliphatic heterocycles. The van der Waals surface area contributed by atoms with Gasteiger partial charge in [-0.15, -0.1) is 0 Å². The van der Waals surface area contributed by atoms with E-state index in [1.165, 1.54) is 32.8 Å². The Hall–Kier alpha value is -1.06. The fourth-order valence-corrected chi connectivity index (χ4v) is 2.08. The van der Waals surface area contributed by atoms with Gasteiger partial charge in [-0.3, -0.25) is 9.59 Å². The minimum Gasteiger partial charge on any atom is -0.469 e. The summed E-state index contributed by atoms with van der Waals surface area (Å²) >= 11 is 0. The van der Waals surface area contributed by atoms with Crippen LogP contribution in [0, 0.1) is 5.92 Å². The summed E-state index contributed by atoms with van der Waals surface area (Å²) in [6, 6.07) is 0. The Balaban J connectivity index is 3.25. The van der Waals surface area contributed by atoms with Crippen molar-refractivity contribution in [3.63, 3.8) is 0 Å². The summed E-state index contributed by atoms with van der Waals surface area (Å²) in [6.07, 6.45) is 9.33. The second kappa shape index (κ2) is 13.9. The molecule has 0 fully saturated rings. The highest BCUT2D eigenvalue weighted by molar-refractivity contribution is 5.70. The summed E-state index contributed by atoms with van der Waals surface area (Å²) in [6.45, 7) is 5.04. The van der Waals surface area contributed by atoms with E-state index in [2.05, 4.69) is 18.6 Å². The van der Waals surface area contributed by atoms with Crippen molar-refractivity contribution in [3.8, 4) is 0 Å². The minimum absolute atomic E-state index is 0.153. The van der Waals surface area contributed by atoms with Gasteiger partial charge in [0.1, 0.15) is 0 Å². The number of carbonyl (C=O) groups is 2. The molecular formula is C17H32O4. The summed E-state index contributed by atoms with van der Waals surface area (Å²) in [5.74, 6) is 0.422. The Morgan fingerprint density at radius 3 is 2.00 bits per heavy atom. The Kier molecular flexibility index (Phi) is 13.2. The highest BCUT2D eigenvalue weighted by Gasteiger charge is 2.04. The third kappa shape index (κ3) is 15.2. The Labute approximate surface area is 129 Å². The molecule has 0 rings (SSSR count). The first-order chi connectivity index (χ1) is 10.1. The van der Waals surface area contributed by atoms with Crippen LogP contribution in [0.2, 0.25) is 0 Å². The lowest BCUT2D eigenvalue weighted by atomic mass is 10.0. The van der Waals surface area contributed by atoms with Crippen molar-refractivity contribution in [2.45, 2.75) is 78.1 Å². The number of rotatable bonds is 13. The van der Waals surface area contributed by atoms with Crippen molar-refractivity contribution in [3.05, 3.63) is 0 Å². The Bertz CT molecular complexity index is 274. The molecule has 0 aromatic heterocycles. The number of hydrogen-bond acceptors (Lipinski definition) is 4. The first-order valence-corrected chi connectivity index (χ1v) is 8.28. The van der Waals surface area contributed by atoms with Crippen LogP contribution in [0.15, 0.2) is 0 Å².